The first-order valence-electron chi connectivity index (χ1n) is 5.72. The van der Waals surface area contributed by atoms with Crippen LogP contribution >= 0.6 is 0 Å². The molecule has 0 saturated heterocycles. The molecule has 2 aromatic rings. The van der Waals surface area contributed by atoms with Crippen LogP contribution in [0.2, 0.25) is 0 Å². The molecule has 0 aliphatic rings. The summed E-state index contributed by atoms with van der Waals surface area (Å²) in [5.41, 5.74) is 0.193. The van der Waals surface area contributed by atoms with E-state index in [9.17, 15) is 9.90 Å². The third-order valence-corrected chi connectivity index (χ3v) is 2.65. The second-order valence-electron chi connectivity index (χ2n) is 3.88. The fourth-order valence-corrected chi connectivity index (χ4v) is 1.74. The normalized spacial score (nSPS) is 10.9. The van der Waals surface area contributed by atoms with Crippen molar-refractivity contribution in [2.75, 3.05) is 6.61 Å². The summed E-state index contributed by atoms with van der Waals surface area (Å²) in [6, 6.07) is 11.0. The van der Waals surface area contributed by atoms with Gasteiger partial charge in [0.25, 0.3) is 0 Å². The molecule has 0 bridgehead atoms. The van der Waals surface area contributed by atoms with E-state index < -0.39 is 5.97 Å². The van der Waals surface area contributed by atoms with E-state index in [1.54, 1.807) is 12.1 Å². The molecule has 0 saturated carbocycles. The molecule has 0 fully saturated rings. The van der Waals surface area contributed by atoms with E-state index in [1.807, 2.05) is 43.3 Å². The first kappa shape index (κ1) is 12.2. The summed E-state index contributed by atoms with van der Waals surface area (Å²) >= 11 is 0. The van der Waals surface area contributed by atoms with E-state index >= 15 is 0 Å². The number of fused-ring (bicyclic) bond motifs is 1. The van der Waals surface area contributed by atoms with Crippen LogP contribution in [0.25, 0.3) is 10.8 Å². The van der Waals surface area contributed by atoms with Crippen molar-refractivity contribution in [3.63, 3.8) is 0 Å². The molecule has 1 N–H and O–H groups in total. The van der Waals surface area contributed by atoms with Gasteiger partial charge in [-0.25, -0.2) is 4.79 Å². The van der Waals surface area contributed by atoms with Crippen molar-refractivity contribution in [1.82, 2.24) is 0 Å². The van der Waals surface area contributed by atoms with Crippen LogP contribution in [0.5, 0.6) is 5.75 Å². The Labute approximate surface area is 105 Å². The average molecular weight is 242 g/mol. The number of allylic oxidation sites excluding steroid dienone is 1. The molecule has 0 amide bonds. The summed E-state index contributed by atoms with van der Waals surface area (Å²) in [5, 5.41) is 11.1. The number of hydrogen-bond acceptors (Lipinski definition) is 2. The molecular weight excluding hydrogens is 228 g/mol. The number of carboxylic acids is 1. The number of ether oxygens (including phenoxy) is 1. The number of hydrogen-bond donors (Lipinski definition) is 1. The quantitative estimate of drug-likeness (QED) is 0.835. The highest BCUT2D eigenvalue weighted by atomic mass is 16.5. The van der Waals surface area contributed by atoms with E-state index in [0.717, 1.165) is 10.8 Å². The van der Waals surface area contributed by atoms with Crippen molar-refractivity contribution < 1.29 is 14.6 Å². The lowest BCUT2D eigenvalue weighted by Gasteiger charge is -2.09. The second-order valence-corrected chi connectivity index (χ2v) is 3.88. The highest BCUT2D eigenvalue weighted by Crippen LogP contribution is 2.26. The summed E-state index contributed by atoms with van der Waals surface area (Å²) in [6.07, 6.45) is 3.70. The number of rotatable bonds is 4. The zero-order valence-electron chi connectivity index (χ0n) is 10.1. The Bertz CT molecular complexity index is 600. The Hall–Kier alpha value is -2.29. The van der Waals surface area contributed by atoms with Crippen molar-refractivity contribution in [3.8, 4) is 5.75 Å². The summed E-state index contributed by atoms with van der Waals surface area (Å²) in [4.78, 5) is 11.2. The smallest absolute Gasteiger partial charge is 0.339 e. The SMILES string of the molecule is CC=CCOc1cc2ccccc2cc1C(=O)O. The molecule has 0 aromatic heterocycles. The molecule has 0 heterocycles. The lowest BCUT2D eigenvalue weighted by atomic mass is 10.1. The van der Waals surface area contributed by atoms with Gasteiger partial charge in [-0.3, -0.25) is 0 Å². The molecule has 3 heteroatoms. The summed E-state index contributed by atoms with van der Waals surface area (Å²) in [5.74, 6) is -0.574. The van der Waals surface area contributed by atoms with E-state index in [2.05, 4.69) is 0 Å². The van der Waals surface area contributed by atoms with Gasteiger partial charge in [-0.15, -0.1) is 0 Å². The average Bonchev–Trinajstić information content (AvgIpc) is 2.38. The van der Waals surface area contributed by atoms with Gasteiger partial charge in [0, 0.05) is 0 Å². The van der Waals surface area contributed by atoms with E-state index in [1.165, 1.54) is 0 Å². The third-order valence-electron chi connectivity index (χ3n) is 2.65. The van der Waals surface area contributed by atoms with Crippen LogP contribution in [0, 0.1) is 0 Å². The Morgan fingerprint density at radius 3 is 2.56 bits per heavy atom. The van der Waals surface area contributed by atoms with Gasteiger partial charge in [0.1, 0.15) is 17.9 Å². The predicted molar refractivity (Wildman–Crippen MR) is 71.2 cm³/mol. The first-order chi connectivity index (χ1) is 8.72. The van der Waals surface area contributed by atoms with Crippen molar-refractivity contribution >= 4 is 16.7 Å². The minimum absolute atomic E-state index is 0.193. The maximum absolute atomic E-state index is 11.2. The summed E-state index contributed by atoms with van der Waals surface area (Å²) < 4.78 is 5.48. The van der Waals surface area contributed by atoms with Gasteiger partial charge < -0.3 is 9.84 Å². The minimum atomic E-state index is -0.976. The Morgan fingerprint density at radius 1 is 1.28 bits per heavy atom. The number of carboxylic acid groups (broad SMARTS) is 1. The van der Waals surface area contributed by atoms with Crippen molar-refractivity contribution in [1.29, 1.82) is 0 Å². The van der Waals surface area contributed by atoms with Crippen LogP contribution in [0.15, 0.2) is 48.6 Å². The highest BCUT2D eigenvalue weighted by molar-refractivity contribution is 5.97. The van der Waals surface area contributed by atoms with Crippen molar-refractivity contribution in [3.05, 3.63) is 54.1 Å². The summed E-state index contributed by atoms with van der Waals surface area (Å²) in [6.45, 7) is 2.26. The molecule has 18 heavy (non-hydrogen) atoms. The predicted octanol–water partition coefficient (Wildman–Crippen LogP) is 3.49. The summed E-state index contributed by atoms with van der Waals surface area (Å²) in [7, 11) is 0. The third kappa shape index (κ3) is 2.51. The molecule has 92 valence electrons. The van der Waals surface area contributed by atoms with Gasteiger partial charge in [0.2, 0.25) is 0 Å². The molecule has 2 aromatic carbocycles. The first-order valence-corrected chi connectivity index (χ1v) is 5.72. The standard InChI is InChI=1S/C15H14O3/c1-2-3-8-18-14-10-12-7-5-4-6-11(12)9-13(14)15(16)17/h2-7,9-10H,8H2,1H3,(H,16,17). The zero-order chi connectivity index (χ0) is 13.0. The van der Waals surface area contributed by atoms with Crippen LogP contribution in [0.4, 0.5) is 0 Å². The largest absolute Gasteiger partial charge is 0.489 e. The van der Waals surface area contributed by atoms with Crippen molar-refractivity contribution in [2.24, 2.45) is 0 Å². The Kier molecular flexibility index (Phi) is 3.63. The van der Waals surface area contributed by atoms with Gasteiger partial charge in [-0.1, -0.05) is 36.4 Å². The Morgan fingerprint density at radius 2 is 1.94 bits per heavy atom. The monoisotopic (exact) mass is 242 g/mol. The van der Waals surface area contributed by atoms with Crippen LogP contribution in [0.1, 0.15) is 17.3 Å². The number of benzene rings is 2. The maximum atomic E-state index is 11.2. The topological polar surface area (TPSA) is 46.5 Å². The molecule has 0 unspecified atom stereocenters. The van der Waals surface area contributed by atoms with E-state index in [4.69, 9.17) is 4.74 Å². The Balaban J connectivity index is 2.47. The molecule has 3 nitrogen and oxygen atoms in total. The molecule has 0 spiro atoms. The zero-order valence-corrected chi connectivity index (χ0v) is 10.1. The molecular formula is C15H14O3. The van der Waals surface area contributed by atoms with E-state index in [0.29, 0.717) is 12.4 Å². The minimum Gasteiger partial charge on any atom is -0.489 e. The van der Waals surface area contributed by atoms with Gasteiger partial charge in [0.05, 0.1) is 0 Å². The van der Waals surface area contributed by atoms with Gasteiger partial charge in [0.15, 0.2) is 0 Å². The number of aromatic carboxylic acids is 1. The highest BCUT2D eigenvalue weighted by Gasteiger charge is 2.12. The lowest BCUT2D eigenvalue weighted by molar-refractivity contribution is 0.0693. The fourth-order valence-electron chi connectivity index (χ4n) is 1.74. The van der Waals surface area contributed by atoms with Crippen LogP contribution in [0.3, 0.4) is 0 Å². The van der Waals surface area contributed by atoms with Crippen molar-refractivity contribution in [2.45, 2.75) is 6.92 Å². The molecule has 2 rings (SSSR count). The number of carbonyl (C=O) groups is 1. The molecule has 0 aliphatic carbocycles. The van der Waals surface area contributed by atoms with Gasteiger partial charge in [-0.2, -0.15) is 0 Å². The lowest BCUT2D eigenvalue weighted by Crippen LogP contribution is -2.03. The molecule has 0 radical (unpaired) electrons. The van der Waals surface area contributed by atoms with Crippen LogP contribution in [-0.2, 0) is 0 Å². The fraction of sp³-hybridized carbons (Fsp3) is 0.133. The van der Waals surface area contributed by atoms with Gasteiger partial charge in [-0.05, 0) is 29.8 Å². The second kappa shape index (κ2) is 5.36. The van der Waals surface area contributed by atoms with Gasteiger partial charge >= 0.3 is 5.97 Å². The molecule has 0 atom stereocenters. The van der Waals surface area contributed by atoms with E-state index in [-0.39, 0.29) is 5.56 Å². The maximum Gasteiger partial charge on any atom is 0.339 e. The molecule has 0 aliphatic heterocycles. The van der Waals surface area contributed by atoms with Crippen LogP contribution in [-0.4, -0.2) is 17.7 Å². The van der Waals surface area contributed by atoms with Crippen LogP contribution < -0.4 is 4.74 Å².